The standard InChI is InChI=1S/C30H37N7O5/c1-4-5-18-36(30(40)35(20-15-27(38)41-2)21-16-28(39)42-3)22-23-11-13-24(14-12-23)25-9-6-7-10-26(25)29-32-33-34-37(29)19-8-17-31/h6-7,9-14H,4-5,8,15-16,18-22H2,1-3H3. The van der Waals surface area contributed by atoms with Crippen LogP contribution in [0.25, 0.3) is 22.5 Å². The number of aromatic nitrogens is 4. The van der Waals surface area contributed by atoms with E-state index in [0.717, 1.165) is 35.1 Å². The first-order valence-corrected chi connectivity index (χ1v) is 13.9. The lowest BCUT2D eigenvalue weighted by Gasteiger charge is -2.30. The molecule has 12 heteroatoms. The summed E-state index contributed by atoms with van der Waals surface area (Å²) in [7, 11) is 2.60. The zero-order chi connectivity index (χ0) is 30.3. The van der Waals surface area contributed by atoms with E-state index in [2.05, 4.69) is 28.5 Å². The van der Waals surface area contributed by atoms with Gasteiger partial charge in [0.25, 0.3) is 0 Å². The fraction of sp³-hybridized carbons (Fsp3) is 0.433. The van der Waals surface area contributed by atoms with Crippen molar-refractivity contribution >= 4 is 18.0 Å². The first-order chi connectivity index (χ1) is 20.4. The van der Waals surface area contributed by atoms with E-state index < -0.39 is 11.9 Å². The second kappa shape index (κ2) is 16.5. The van der Waals surface area contributed by atoms with Crippen LogP contribution < -0.4 is 0 Å². The smallest absolute Gasteiger partial charge is 0.320 e. The number of hydrogen-bond acceptors (Lipinski definition) is 9. The molecule has 0 aliphatic rings. The normalized spacial score (nSPS) is 10.5. The highest BCUT2D eigenvalue weighted by Gasteiger charge is 2.23. The Morgan fingerprint density at radius 1 is 0.905 bits per heavy atom. The summed E-state index contributed by atoms with van der Waals surface area (Å²) in [6.45, 7) is 3.60. The number of ether oxygens (including phenoxy) is 2. The minimum atomic E-state index is -0.430. The quantitative estimate of drug-likeness (QED) is 0.245. The summed E-state index contributed by atoms with van der Waals surface area (Å²) in [5.74, 6) is -0.276. The molecule has 12 nitrogen and oxygen atoms in total. The highest BCUT2D eigenvalue weighted by molar-refractivity contribution is 5.81. The lowest BCUT2D eigenvalue weighted by atomic mass is 9.98. The molecular weight excluding hydrogens is 538 g/mol. The molecule has 0 N–H and O–H groups in total. The van der Waals surface area contributed by atoms with Crippen LogP contribution in [0.5, 0.6) is 0 Å². The largest absolute Gasteiger partial charge is 0.469 e. The van der Waals surface area contributed by atoms with Crippen molar-refractivity contribution in [3.63, 3.8) is 0 Å². The monoisotopic (exact) mass is 575 g/mol. The molecule has 0 saturated carbocycles. The summed E-state index contributed by atoms with van der Waals surface area (Å²) < 4.78 is 11.1. The number of carbonyl (C=O) groups excluding carboxylic acids is 3. The maximum atomic E-state index is 13.6. The Morgan fingerprint density at radius 2 is 1.55 bits per heavy atom. The van der Waals surface area contributed by atoms with Gasteiger partial charge >= 0.3 is 18.0 Å². The van der Waals surface area contributed by atoms with Crippen molar-refractivity contribution in [1.82, 2.24) is 30.0 Å². The first kappa shape index (κ1) is 31.7. The molecule has 0 atom stereocenters. The fourth-order valence-corrected chi connectivity index (χ4v) is 4.40. The number of nitrogens with zero attached hydrogens (tertiary/aromatic N) is 7. The van der Waals surface area contributed by atoms with Gasteiger partial charge in [-0.3, -0.25) is 9.59 Å². The van der Waals surface area contributed by atoms with Crippen LogP contribution in [0.1, 0.15) is 44.6 Å². The van der Waals surface area contributed by atoms with E-state index in [0.29, 0.717) is 31.9 Å². The molecule has 1 heterocycles. The SMILES string of the molecule is CCCCN(Cc1ccc(-c2ccccc2-c2nnnn2CCC#N)cc1)C(=O)N(CCC(=O)OC)CCC(=O)OC. The third kappa shape index (κ3) is 8.86. The van der Waals surface area contributed by atoms with Crippen molar-refractivity contribution in [1.29, 1.82) is 5.26 Å². The van der Waals surface area contributed by atoms with Crippen molar-refractivity contribution in [2.75, 3.05) is 33.9 Å². The number of benzene rings is 2. The highest BCUT2D eigenvalue weighted by atomic mass is 16.5. The lowest BCUT2D eigenvalue weighted by molar-refractivity contribution is -0.140. The number of nitriles is 1. The summed E-state index contributed by atoms with van der Waals surface area (Å²) in [6, 6.07) is 17.6. The van der Waals surface area contributed by atoms with Crippen molar-refractivity contribution in [2.45, 2.75) is 52.1 Å². The van der Waals surface area contributed by atoms with Crippen molar-refractivity contribution in [3.8, 4) is 28.6 Å². The van der Waals surface area contributed by atoms with Gasteiger partial charge in [-0.05, 0) is 33.5 Å². The zero-order valence-corrected chi connectivity index (χ0v) is 24.4. The summed E-state index contributed by atoms with van der Waals surface area (Å²) in [4.78, 5) is 40.5. The topological polar surface area (TPSA) is 144 Å². The van der Waals surface area contributed by atoms with Crippen LogP contribution in [0.4, 0.5) is 4.79 Å². The molecule has 0 radical (unpaired) electrons. The molecule has 1 aromatic heterocycles. The summed E-state index contributed by atoms with van der Waals surface area (Å²) in [5.41, 5.74) is 3.67. The van der Waals surface area contributed by atoms with Crippen molar-refractivity contribution < 1.29 is 23.9 Å². The fourth-order valence-electron chi connectivity index (χ4n) is 4.40. The average molecular weight is 576 g/mol. The predicted molar refractivity (Wildman–Crippen MR) is 154 cm³/mol. The van der Waals surface area contributed by atoms with E-state index in [1.807, 2.05) is 48.5 Å². The van der Waals surface area contributed by atoms with E-state index in [4.69, 9.17) is 14.7 Å². The molecule has 0 spiro atoms. The van der Waals surface area contributed by atoms with Gasteiger partial charge in [0.05, 0.1) is 46.1 Å². The average Bonchev–Trinajstić information content (AvgIpc) is 3.50. The van der Waals surface area contributed by atoms with Crippen LogP contribution >= 0.6 is 0 Å². The Labute approximate surface area is 245 Å². The van der Waals surface area contributed by atoms with Gasteiger partial charge in [0, 0.05) is 31.7 Å². The number of amides is 2. The van der Waals surface area contributed by atoms with Crippen LogP contribution in [0, 0.1) is 11.3 Å². The van der Waals surface area contributed by atoms with Gasteiger partial charge in [0.1, 0.15) is 0 Å². The minimum Gasteiger partial charge on any atom is -0.469 e. The molecule has 42 heavy (non-hydrogen) atoms. The maximum absolute atomic E-state index is 13.6. The highest BCUT2D eigenvalue weighted by Crippen LogP contribution is 2.31. The molecule has 0 saturated heterocycles. The molecule has 0 fully saturated rings. The molecule has 3 rings (SSSR count). The number of unbranched alkanes of at least 4 members (excludes halogenated alkanes) is 1. The minimum absolute atomic E-state index is 0.0267. The van der Waals surface area contributed by atoms with E-state index in [1.54, 1.807) is 9.58 Å². The van der Waals surface area contributed by atoms with Gasteiger partial charge < -0.3 is 19.3 Å². The van der Waals surface area contributed by atoms with E-state index >= 15 is 0 Å². The molecule has 2 amide bonds. The van der Waals surface area contributed by atoms with Crippen LogP contribution in [0.2, 0.25) is 0 Å². The summed E-state index contributed by atoms with van der Waals surface area (Å²) >= 11 is 0. The Bertz CT molecular complexity index is 1350. The summed E-state index contributed by atoms with van der Waals surface area (Å²) in [5, 5.41) is 21.0. The lowest BCUT2D eigenvalue weighted by Crippen LogP contribution is -2.45. The van der Waals surface area contributed by atoms with Crippen molar-refractivity contribution in [3.05, 3.63) is 54.1 Å². The Hall–Kier alpha value is -4.79. The number of esters is 2. The molecule has 2 aromatic carbocycles. The molecular formula is C30H37N7O5. The first-order valence-electron chi connectivity index (χ1n) is 13.9. The number of rotatable bonds is 15. The van der Waals surface area contributed by atoms with Crippen LogP contribution in [-0.4, -0.2) is 81.8 Å². The molecule has 0 aliphatic carbocycles. The van der Waals surface area contributed by atoms with Gasteiger partial charge in [0.15, 0.2) is 5.82 Å². The van der Waals surface area contributed by atoms with Gasteiger partial charge in [-0.25, -0.2) is 9.48 Å². The van der Waals surface area contributed by atoms with Gasteiger partial charge in [-0.15, -0.1) is 5.10 Å². The number of aryl methyl sites for hydroxylation is 1. The Balaban J connectivity index is 1.82. The maximum Gasteiger partial charge on any atom is 0.320 e. The van der Waals surface area contributed by atoms with E-state index in [-0.39, 0.29) is 32.0 Å². The summed E-state index contributed by atoms with van der Waals surface area (Å²) in [6.07, 6.45) is 2.06. The second-order valence-electron chi connectivity index (χ2n) is 9.57. The third-order valence-corrected chi connectivity index (χ3v) is 6.72. The van der Waals surface area contributed by atoms with Gasteiger partial charge in [-0.1, -0.05) is 61.9 Å². The molecule has 0 bridgehead atoms. The van der Waals surface area contributed by atoms with Gasteiger partial charge in [-0.2, -0.15) is 5.26 Å². The molecule has 0 aliphatic heterocycles. The molecule has 3 aromatic rings. The second-order valence-corrected chi connectivity index (χ2v) is 9.57. The van der Waals surface area contributed by atoms with E-state index in [1.165, 1.54) is 19.1 Å². The van der Waals surface area contributed by atoms with Gasteiger partial charge in [0.2, 0.25) is 0 Å². The number of methoxy groups -OCH3 is 2. The van der Waals surface area contributed by atoms with Crippen molar-refractivity contribution in [2.24, 2.45) is 0 Å². The van der Waals surface area contributed by atoms with Crippen LogP contribution in [-0.2, 0) is 32.2 Å². The van der Waals surface area contributed by atoms with Crippen LogP contribution in [0.15, 0.2) is 48.5 Å². The van der Waals surface area contributed by atoms with E-state index in [9.17, 15) is 14.4 Å². The third-order valence-electron chi connectivity index (χ3n) is 6.72. The number of carbonyl (C=O) groups is 3. The molecule has 0 unspecified atom stereocenters. The Kier molecular flexibility index (Phi) is 12.4. The number of hydrogen-bond donors (Lipinski definition) is 0. The zero-order valence-electron chi connectivity index (χ0n) is 24.4. The number of tetrazole rings is 1. The van der Waals surface area contributed by atoms with Crippen LogP contribution in [0.3, 0.4) is 0 Å². The predicted octanol–water partition coefficient (Wildman–Crippen LogP) is 4.07. The number of urea groups is 1. The Morgan fingerprint density at radius 3 is 2.14 bits per heavy atom. The molecule has 222 valence electrons.